The molecule has 0 radical (unpaired) electrons. The lowest BCUT2D eigenvalue weighted by atomic mass is 9.68. The molecule has 0 heterocycles. The van der Waals surface area contributed by atoms with Crippen LogP contribution in [0.25, 0.3) is 0 Å². The van der Waals surface area contributed by atoms with Crippen LogP contribution in [0.3, 0.4) is 0 Å². The smallest absolute Gasteiger partial charge is 0.00960 e. The summed E-state index contributed by atoms with van der Waals surface area (Å²) in [5.41, 5.74) is 5.99. The third-order valence-electron chi connectivity index (χ3n) is 4.22. The van der Waals surface area contributed by atoms with Gasteiger partial charge in [0, 0.05) is 0 Å². The molecule has 0 heteroatoms. The van der Waals surface area contributed by atoms with E-state index in [9.17, 15) is 0 Å². The number of hydrogen-bond acceptors (Lipinski definition) is 0. The molecule has 1 saturated carbocycles. The number of hydrogen-bond donors (Lipinski definition) is 0. The number of aryl methyl sites for hydroxylation is 2. The molecular weight excluding hydrogens is 204 g/mol. The van der Waals surface area contributed by atoms with Gasteiger partial charge in [0.15, 0.2) is 0 Å². The summed E-state index contributed by atoms with van der Waals surface area (Å²) in [6, 6.07) is 6.89. The summed E-state index contributed by atoms with van der Waals surface area (Å²) < 4.78 is 0. The molecule has 2 atom stereocenters. The fourth-order valence-corrected chi connectivity index (χ4v) is 2.75. The van der Waals surface area contributed by atoms with E-state index in [-0.39, 0.29) is 0 Å². The van der Waals surface area contributed by atoms with Gasteiger partial charge in [-0.1, -0.05) is 42.3 Å². The van der Waals surface area contributed by atoms with Crippen LogP contribution < -0.4 is 0 Å². The van der Waals surface area contributed by atoms with Gasteiger partial charge in [-0.15, -0.1) is 0 Å². The molecule has 0 saturated heterocycles. The second-order valence-electron chi connectivity index (χ2n) is 5.57. The van der Waals surface area contributed by atoms with Crippen LogP contribution in [-0.2, 0) is 0 Å². The standard InChI is InChI=1S/C17H24/c1-5-12(2)10-15-8-9-16(15)17-11-13(3)6-7-14(17)4/h6-7,10-11,15-16H,5,8-9H2,1-4H3/b12-10-. The molecule has 2 rings (SSSR count). The summed E-state index contributed by atoms with van der Waals surface area (Å²) in [7, 11) is 0. The first-order chi connectivity index (χ1) is 8.11. The topological polar surface area (TPSA) is 0 Å². The normalized spacial score (nSPS) is 24.6. The summed E-state index contributed by atoms with van der Waals surface area (Å²) in [4.78, 5) is 0. The zero-order valence-corrected chi connectivity index (χ0v) is 11.6. The fourth-order valence-electron chi connectivity index (χ4n) is 2.75. The molecule has 0 spiro atoms. The van der Waals surface area contributed by atoms with Gasteiger partial charge in [0.2, 0.25) is 0 Å². The molecule has 0 amide bonds. The van der Waals surface area contributed by atoms with E-state index < -0.39 is 0 Å². The van der Waals surface area contributed by atoms with E-state index in [0.29, 0.717) is 0 Å². The average molecular weight is 228 g/mol. The second kappa shape index (κ2) is 5.08. The summed E-state index contributed by atoms with van der Waals surface area (Å²) in [6.45, 7) is 8.96. The molecule has 0 nitrogen and oxygen atoms in total. The van der Waals surface area contributed by atoms with E-state index in [4.69, 9.17) is 0 Å². The lowest BCUT2D eigenvalue weighted by Crippen LogP contribution is -2.23. The van der Waals surface area contributed by atoms with Crippen LogP contribution in [0.2, 0.25) is 0 Å². The molecule has 1 aliphatic carbocycles. The SMILES string of the molecule is CC/C(C)=C\C1CCC1c1cc(C)ccc1C. The van der Waals surface area contributed by atoms with Crippen LogP contribution in [0, 0.1) is 19.8 Å². The maximum absolute atomic E-state index is 2.51. The molecule has 0 N–H and O–H groups in total. The van der Waals surface area contributed by atoms with Gasteiger partial charge in [-0.3, -0.25) is 0 Å². The maximum atomic E-state index is 2.51. The molecule has 0 bridgehead atoms. The zero-order valence-electron chi connectivity index (χ0n) is 11.6. The Kier molecular flexibility index (Phi) is 3.71. The monoisotopic (exact) mass is 228 g/mol. The Bertz CT molecular complexity index is 426. The van der Waals surface area contributed by atoms with Crippen molar-refractivity contribution in [3.8, 4) is 0 Å². The number of rotatable bonds is 3. The van der Waals surface area contributed by atoms with Crippen molar-refractivity contribution in [1.82, 2.24) is 0 Å². The average Bonchev–Trinajstić information content (AvgIpc) is 2.29. The highest BCUT2D eigenvalue weighted by atomic mass is 14.4. The largest absolute Gasteiger partial charge is 0.0819 e. The highest BCUT2D eigenvalue weighted by Gasteiger charge is 2.31. The summed E-state index contributed by atoms with van der Waals surface area (Å²) in [5, 5.41) is 0. The molecule has 2 unspecified atom stereocenters. The highest BCUT2D eigenvalue weighted by Crippen LogP contribution is 2.45. The van der Waals surface area contributed by atoms with Crippen LogP contribution in [0.15, 0.2) is 29.8 Å². The van der Waals surface area contributed by atoms with Crippen LogP contribution in [0.5, 0.6) is 0 Å². The van der Waals surface area contributed by atoms with Gasteiger partial charge < -0.3 is 0 Å². The van der Waals surface area contributed by atoms with Crippen molar-refractivity contribution in [2.45, 2.75) is 52.9 Å². The van der Waals surface area contributed by atoms with Crippen molar-refractivity contribution in [3.63, 3.8) is 0 Å². The Labute approximate surface area is 106 Å². The molecule has 1 aromatic carbocycles. The highest BCUT2D eigenvalue weighted by molar-refractivity contribution is 5.36. The van der Waals surface area contributed by atoms with E-state index in [2.05, 4.69) is 52.0 Å². The Morgan fingerprint density at radius 3 is 2.65 bits per heavy atom. The molecule has 0 aliphatic heterocycles. The summed E-state index contributed by atoms with van der Waals surface area (Å²) in [6.07, 6.45) is 6.43. The second-order valence-corrected chi connectivity index (χ2v) is 5.57. The van der Waals surface area contributed by atoms with Crippen molar-refractivity contribution < 1.29 is 0 Å². The predicted molar refractivity (Wildman–Crippen MR) is 75.4 cm³/mol. The Morgan fingerprint density at radius 1 is 1.29 bits per heavy atom. The maximum Gasteiger partial charge on any atom is -0.00960 e. The molecule has 1 aliphatic rings. The van der Waals surface area contributed by atoms with Crippen LogP contribution in [0.1, 0.15) is 55.7 Å². The van der Waals surface area contributed by atoms with Crippen LogP contribution in [0.4, 0.5) is 0 Å². The fraction of sp³-hybridized carbons (Fsp3) is 0.529. The first-order valence-electron chi connectivity index (χ1n) is 6.86. The minimum Gasteiger partial charge on any atom is -0.0819 e. The lowest BCUT2D eigenvalue weighted by molar-refractivity contribution is 0.313. The quantitative estimate of drug-likeness (QED) is 0.627. The minimum absolute atomic E-state index is 0.774. The lowest BCUT2D eigenvalue weighted by Gasteiger charge is -2.36. The molecule has 1 aromatic rings. The molecule has 1 fully saturated rings. The third-order valence-corrected chi connectivity index (χ3v) is 4.22. The van der Waals surface area contributed by atoms with Gasteiger partial charge in [-0.05, 0) is 63.0 Å². The van der Waals surface area contributed by atoms with Crippen molar-refractivity contribution >= 4 is 0 Å². The Balaban J connectivity index is 2.20. The Hall–Kier alpha value is -1.04. The minimum atomic E-state index is 0.774. The van der Waals surface area contributed by atoms with Gasteiger partial charge in [0.1, 0.15) is 0 Å². The number of allylic oxidation sites excluding steroid dienone is 2. The van der Waals surface area contributed by atoms with E-state index in [0.717, 1.165) is 11.8 Å². The van der Waals surface area contributed by atoms with Gasteiger partial charge in [-0.2, -0.15) is 0 Å². The van der Waals surface area contributed by atoms with E-state index in [1.807, 2.05) is 0 Å². The van der Waals surface area contributed by atoms with Gasteiger partial charge >= 0.3 is 0 Å². The van der Waals surface area contributed by atoms with Crippen LogP contribution in [-0.4, -0.2) is 0 Å². The van der Waals surface area contributed by atoms with Gasteiger partial charge in [0.25, 0.3) is 0 Å². The first kappa shape index (κ1) is 12.4. The van der Waals surface area contributed by atoms with Crippen molar-refractivity contribution in [1.29, 1.82) is 0 Å². The third kappa shape index (κ3) is 2.62. The van der Waals surface area contributed by atoms with Crippen LogP contribution >= 0.6 is 0 Å². The van der Waals surface area contributed by atoms with Crippen molar-refractivity contribution in [2.24, 2.45) is 5.92 Å². The van der Waals surface area contributed by atoms with E-state index in [1.54, 1.807) is 11.1 Å². The number of benzene rings is 1. The molecule has 17 heavy (non-hydrogen) atoms. The molecule has 92 valence electrons. The zero-order chi connectivity index (χ0) is 12.4. The summed E-state index contributed by atoms with van der Waals surface area (Å²) in [5.74, 6) is 1.56. The van der Waals surface area contributed by atoms with Crippen molar-refractivity contribution in [2.75, 3.05) is 0 Å². The first-order valence-corrected chi connectivity index (χ1v) is 6.86. The Morgan fingerprint density at radius 2 is 2.06 bits per heavy atom. The van der Waals surface area contributed by atoms with E-state index >= 15 is 0 Å². The predicted octanol–water partition coefficient (Wildman–Crippen LogP) is 5.15. The molecule has 0 aromatic heterocycles. The van der Waals surface area contributed by atoms with E-state index in [1.165, 1.54) is 30.4 Å². The molecular formula is C17H24. The van der Waals surface area contributed by atoms with Crippen molar-refractivity contribution in [3.05, 3.63) is 46.5 Å². The summed E-state index contributed by atoms with van der Waals surface area (Å²) >= 11 is 0. The van der Waals surface area contributed by atoms with Gasteiger partial charge in [-0.25, -0.2) is 0 Å². The van der Waals surface area contributed by atoms with Gasteiger partial charge in [0.05, 0.1) is 0 Å².